The number of methoxy groups -OCH3 is 1. The summed E-state index contributed by atoms with van der Waals surface area (Å²) in [6.07, 6.45) is 11.6. The van der Waals surface area contributed by atoms with Gasteiger partial charge in [-0.2, -0.15) is 0 Å². The van der Waals surface area contributed by atoms with E-state index in [0.717, 1.165) is 59.8 Å². The molecule has 0 unspecified atom stereocenters. The largest absolute Gasteiger partial charge is 0.496 e. The molecular weight excluding hydrogens is 609 g/mol. The molecule has 2 N–H and O–H groups in total. The van der Waals surface area contributed by atoms with Gasteiger partial charge in [0.25, 0.3) is 5.91 Å². The SMILES string of the molecule is COc1ccc(C2CCC(CN(C(=O)C3CCC(=NC(=O)COCCN)CC3)c3cccc(-c4cnc(C5CC5)s4)c3)CC2)cc1C. The van der Waals surface area contributed by atoms with Crippen LogP contribution < -0.4 is 15.4 Å². The van der Waals surface area contributed by atoms with E-state index in [-0.39, 0.29) is 24.3 Å². The number of anilines is 1. The Hall–Kier alpha value is -3.40. The van der Waals surface area contributed by atoms with Gasteiger partial charge in [-0.25, -0.2) is 9.98 Å². The number of carbonyl (C=O) groups is 2. The number of aryl methyl sites for hydroxylation is 1. The first-order valence-electron chi connectivity index (χ1n) is 17.3. The van der Waals surface area contributed by atoms with Crippen molar-refractivity contribution in [1.82, 2.24) is 4.98 Å². The topological polar surface area (TPSA) is 107 Å². The van der Waals surface area contributed by atoms with Crippen LogP contribution in [0.25, 0.3) is 10.4 Å². The summed E-state index contributed by atoms with van der Waals surface area (Å²) >= 11 is 1.78. The predicted octanol–water partition coefficient (Wildman–Crippen LogP) is 7.44. The molecule has 1 heterocycles. The number of aromatic nitrogens is 1. The van der Waals surface area contributed by atoms with Crippen LogP contribution in [0.2, 0.25) is 0 Å². The second-order valence-electron chi connectivity index (χ2n) is 13.5. The summed E-state index contributed by atoms with van der Waals surface area (Å²) in [5, 5.41) is 1.23. The molecule has 0 spiro atoms. The van der Waals surface area contributed by atoms with E-state index >= 15 is 0 Å². The van der Waals surface area contributed by atoms with Gasteiger partial charge < -0.3 is 20.1 Å². The molecule has 9 heteroatoms. The first kappa shape index (κ1) is 33.5. The highest BCUT2D eigenvalue weighted by Crippen LogP contribution is 2.44. The molecule has 47 heavy (non-hydrogen) atoms. The molecule has 2 aromatic carbocycles. The Morgan fingerprint density at radius 3 is 2.47 bits per heavy atom. The van der Waals surface area contributed by atoms with Crippen molar-refractivity contribution in [2.24, 2.45) is 22.6 Å². The zero-order valence-corrected chi connectivity index (χ0v) is 28.6. The Bertz CT molecular complexity index is 1560. The molecule has 250 valence electrons. The van der Waals surface area contributed by atoms with Gasteiger partial charge >= 0.3 is 0 Å². The van der Waals surface area contributed by atoms with E-state index in [1.807, 2.05) is 6.20 Å². The quantitative estimate of drug-likeness (QED) is 0.203. The van der Waals surface area contributed by atoms with Gasteiger partial charge in [0, 0.05) is 42.5 Å². The first-order chi connectivity index (χ1) is 22.9. The van der Waals surface area contributed by atoms with Crippen LogP contribution >= 0.6 is 11.3 Å². The number of hydrogen-bond donors (Lipinski definition) is 1. The lowest BCUT2D eigenvalue weighted by atomic mass is 9.78. The Morgan fingerprint density at radius 2 is 1.77 bits per heavy atom. The van der Waals surface area contributed by atoms with Crippen molar-refractivity contribution in [3.05, 3.63) is 64.8 Å². The van der Waals surface area contributed by atoms with Crippen molar-refractivity contribution in [2.75, 3.05) is 38.3 Å². The monoisotopic (exact) mass is 656 g/mol. The van der Waals surface area contributed by atoms with Crippen molar-refractivity contribution in [3.8, 4) is 16.2 Å². The highest BCUT2D eigenvalue weighted by molar-refractivity contribution is 7.15. The zero-order chi connectivity index (χ0) is 32.8. The van der Waals surface area contributed by atoms with Crippen molar-refractivity contribution >= 4 is 34.6 Å². The molecule has 0 atom stereocenters. The molecule has 3 aliphatic carbocycles. The number of rotatable bonds is 12. The van der Waals surface area contributed by atoms with Crippen molar-refractivity contribution in [2.45, 2.75) is 83.0 Å². The van der Waals surface area contributed by atoms with Crippen LogP contribution in [0.3, 0.4) is 0 Å². The van der Waals surface area contributed by atoms with Crippen molar-refractivity contribution < 1.29 is 19.1 Å². The molecule has 0 aliphatic heterocycles. The number of carbonyl (C=O) groups excluding carboxylic acids is 2. The van der Waals surface area contributed by atoms with E-state index < -0.39 is 0 Å². The zero-order valence-electron chi connectivity index (χ0n) is 27.8. The third-order valence-corrected chi connectivity index (χ3v) is 11.2. The van der Waals surface area contributed by atoms with Gasteiger partial charge in [-0.05, 0) is 118 Å². The average Bonchev–Trinajstić information content (AvgIpc) is 3.83. The minimum atomic E-state index is -0.273. The van der Waals surface area contributed by atoms with Gasteiger partial charge in [0.2, 0.25) is 5.91 Å². The standard InChI is InChI=1S/C38H48N4O4S/c1-25-20-30(14-17-34(25)45-2)27-8-6-26(7-9-27)23-42(33-5-3-4-31(21-33)35-22-40-37(47-35)28-10-11-28)38(44)29-12-15-32(16-13-29)41-36(43)24-46-19-18-39/h3-5,14,17,20-22,26-29H,6-13,15-16,18-19,23-24,39H2,1-2H3. The number of hydrogen-bond acceptors (Lipinski definition) is 7. The third kappa shape index (κ3) is 8.55. The van der Waals surface area contributed by atoms with Gasteiger partial charge in [0.05, 0.1) is 23.6 Å². The average molecular weight is 657 g/mol. The Labute approximate surface area is 282 Å². The lowest BCUT2D eigenvalue weighted by Gasteiger charge is -2.35. The molecule has 0 radical (unpaired) electrons. The fourth-order valence-electron chi connectivity index (χ4n) is 7.16. The number of thiazole rings is 1. The predicted molar refractivity (Wildman–Crippen MR) is 189 cm³/mol. The van der Waals surface area contributed by atoms with E-state index in [9.17, 15) is 9.59 Å². The number of aliphatic imine (C=N–C) groups is 1. The molecule has 6 rings (SSSR count). The lowest BCUT2D eigenvalue weighted by Crippen LogP contribution is -2.41. The number of amides is 2. The normalized spacial score (nSPS) is 21.3. The highest BCUT2D eigenvalue weighted by Gasteiger charge is 2.33. The maximum atomic E-state index is 14.4. The lowest BCUT2D eigenvalue weighted by molar-refractivity contribution is -0.123. The number of nitrogens with zero attached hydrogens (tertiary/aromatic N) is 3. The summed E-state index contributed by atoms with van der Waals surface area (Å²) in [6.45, 7) is 3.51. The van der Waals surface area contributed by atoms with Crippen LogP contribution in [0.1, 0.15) is 92.2 Å². The molecule has 3 saturated carbocycles. The molecule has 3 fully saturated rings. The van der Waals surface area contributed by atoms with E-state index in [4.69, 9.17) is 20.2 Å². The molecule has 0 bridgehead atoms. The van der Waals surface area contributed by atoms with Gasteiger partial charge in [-0.3, -0.25) is 9.59 Å². The minimum Gasteiger partial charge on any atom is -0.496 e. The fourth-order valence-corrected chi connectivity index (χ4v) is 8.25. The maximum Gasteiger partial charge on any atom is 0.271 e. The fraction of sp³-hybridized carbons (Fsp3) is 0.526. The summed E-state index contributed by atoms with van der Waals surface area (Å²) in [6, 6.07) is 15.1. The molecule has 3 aromatic rings. The van der Waals surface area contributed by atoms with Gasteiger partial charge in [-0.1, -0.05) is 24.3 Å². The molecular formula is C38H48N4O4S. The van der Waals surface area contributed by atoms with Crippen LogP contribution in [-0.2, 0) is 14.3 Å². The number of benzene rings is 2. The van der Waals surface area contributed by atoms with Crippen LogP contribution in [-0.4, -0.2) is 55.9 Å². The minimum absolute atomic E-state index is 0.0462. The van der Waals surface area contributed by atoms with Crippen LogP contribution in [0.4, 0.5) is 5.69 Å². The molecule has 0 saturated heterocycles. The Kier molecular flexibility index (Phi) is 11.2. The van der Waals surface area contributed by atoms with E-state index in [1.54, 1.807) is 18.4 Å². The van der Waals surface area contributed by atoms with Crippen LogP contribution in [0.5, 0.6) is 5.75 Å². The summed E-state index contributed by atoms with van der Waals surface area (Å²) in [5.74, 6) is 2.36. The highest BCUT2D eigenvalue weighted by atomic mass is 32.1. The van der Waals surface area contributed by atoms with Crippen LogP contribution in [0.15, 0.2) is 53.7 Å². The van der Waals surface area contributed by atoms with Gasteiger partial charge in [0.1, 0.15) is 12.4 Å². The van der Waals surface area contributed by atoms with Gasteiger partial charge in [0.15, 0.2) is 0 Å². The van der Waals surface area contributed by atoms with Gasteiger partial charge in [-0.15, -0.1) is 11.3 Å². The Morgan fingerprint density at radius 1 is 1.00 bits per heavy atom. The molecule has 1 aromatic heterocycles. The van der Waals surface area contributed by atoms with E-state index in [2.05, 4.69) is 59.3 Å². The summed E-state index contributed by atoms with van der Waals surface area (Å²) in [7, 11) is 1.72. The van der Waals surface area contributed by atoms with Crippen molar-refractivity contribution in [1.29, 1.82) is 0 Å². The maximum absolute atomic E-state index is 14.4. The smallest absolute Gasteiger partial charge is 0.271 e. The van der Waals surface area contributed by atoms with E-state index in [1.165, 1.54) is 29.0 Å². The first-order valence-corrected chi connectivity index (χ1v) is 18.1. The summed E-state index contributed by atoms with van der Waals surface area (Å²) < 4.78 is 10.7. The number of ether oxygens (including phenoxy) is 2. The number of nitrogens with two attached hydrogens (primary N) is 1. The van der Waals surface area contributed by atoms with Crippen molar-refractivity contribution in [3.63, 3.8) is 0 Å². The van der Waals surface area contributed by atoms with E-state index in [0.29, 0.717) is 56.6 Å². The molecule has 3 aliphatic rings. The van der Waals surface area contributed by atoms with Crippen LogP contribution in [0, 0.1) is 18.8 Å². The summed E-state index contributed by atoms with van der Waals surface area (Å²) in [4.78, 5) is 38.8. The molecule has 2 amide bonds. The second-order valence-corrected chi connectivity index (χ2v) is 14.5. The summed E-state index contributed by atoms with van der Waals surface area (Å²) in [5.41, 5.74) is 11.0. The third-order valence-electron chi connectivity index (χ3n) is 10.0. The second kappa shape index (κ2) is 15.7. The molecule has 8 nitrogen and oxygen atoms in total. The Balaban J connectivity index is 1.16.